The Balaban J connectivity index is 2.46. The Morgan fingerprint density at radius 2 is 2.25 bits per heavy atom. The topological polar surface area (TPSA) is 38.3 Å². The molecule has 0 saturated carbocycles. The van der Waals surface area contributed by atoms with Crippen LogP contribution in [0.25, 0.3) is 5.57 Å². The molecule has 1 aliphatic heterocycles. The van der Waals surface area contributed by atoms with Gasteiger partial charge in [-0.05, 0) is 12.1 Å². The van der Waals surface area contributed by atoms with E-state index >= 15 is 0 Å². The number of carbonyl (C=O) groups is 1. The molecule has 1 aliphatic rings. The fourth-order valence-corrected chi connectivity index (χ4v) is 1.67. The summed E-state index contributed by atoms with van der Waals surface area (Å²) in [6, 6.07) is 7.12. The van der Waals surface area contributed by atoms with Crippen molar-refractivity contribution in [3.8, 4) is 5.75 Å². The summed E-state index contributed by atoms with van der Waals surface area (Å²) in [6.07, 6.45) is 0.837. The van der Waals surface area contributed by atoms with Crippen LogP contribution in [-0.4, -0.2) is 25.7 Å². The molecule has 0 aliphatic carbocycles. The standard InChI is InChI=1S/C12H12FNO2/c1-14-12(15)10-6-8(7-13)16-11-5-3-2-4-9(10)11/h2-6,8H,7H2,1H3,(H,14,15). The maximum Gasteiger partial charge on any atom is 0.251 e. The number of hydrogen-bond acceptors (Lipinski definition) is 2. The van der Waals surface area contributed by atoms with Gasteiger partial charge in [0, 0.05) is 18.2 Å². The fourth-order valence-electron chi connectivity index (χ4n) is 1.67. The van der Waals surface area contributed by atoms with Crippen molar-refractivity contribution in [3.63, 3.8) is 0 Å². The van der Waals surface area contributed by atoms with Crippen LogP contribution in [0, 0.1) is 0 Å². The summed E-state index contributed by atoms with van der Waals surface area (Å²) < 4.78 is 18.0. The van der Waals surface area contributed by atoms with Gasteiger partial charge in [-0.25, -0.2) is 4.39 Å². The molecule has 1 unspecified atom stereocenters. The molecule has 84 valence electrons. The first-order chi connectivity index (χ1) is 7.76. The first kappa shape index (κ1) is 10.7. The second kappa shape index (κ2) is 4.35. The second-order valence-electron chi connectivity index (χ2n) is 3.47. The van der Waals surface area contributed by atoms with Gasteiger partial charge >= 0.3 is 0 Å². The molecule has 4 heteroatoms. The lowest BCUT2D eigenvalue weighted by molar-refractivity contribution is -0.115. The third-order valence-corrected chi connectivity index (χ3v) is 2.43. The Bertz CT molecular complexity index is 442. The van der Waals surface area contributed by atoms with Crippen LogP contribution in [0.4, 0.5) is 4.39 Å². The molecule has 0 saturated heterocycles. The number of amides is 1. The lowest BCUT2D eigenvalue weighted by Crippen LogP contribution is -2.27. The Morgan fingerprint density at radius 3 is 2.94 bits per heavy atom. The van der Waals surface area contributed by atoms with Gasteiger partial charge in [0.25, 0.3) is 5.91 Å². The normalized spacial score (nSPS) is 18.1. The van der Waals surface area contributed by atoms with Crippen molar-refractivity contribution in [2.75, 3.05) is 13.7 Å². The number of hydrogen-bond donors (Lipinski definition) is 1. The van der Waals surface area contributed by atoms with Crippen LogP contribution in [0.15, 0.2) is 30.3 Å². The molecule has 0 bridgehead atoms. The van der Waals surface area contributed by atoms with E-state index in [1.807, 2.05) is 6.07 Å². The molecule has 2 rings (SSSR count). The van der Waals surface area contributed by atoms with Gasteiger partial charge in [0.1, 0.15) is 18.5 Å². The SMILES string of the molecule is CNC(=O)C1=CC(CF)Oc2ccccc21. The maximum absolute atomic E-state index is 12.6. The number of fused-ring (bicyclic) bond motifs is 1. The largest absolute Gasteiger partial charge is 0.483 e. The van der Waals surface area contributed by atoms with E-state index in [2.05, 4.69) is 5.32 Å². The Kier molecular flexibility index (Phi) is 2.90. The predicted octanol–water partition coefficient (Wildman–Crippen LogP) is 1.55. The van der Waals surface area contributed by atoms with Gasteiger partial charge in [-0.2, -0.15) is 0 Å². The van der Waals surface area contributed by atoms with Crippen molar-refractivity contribution in [1.29, 1.82) is 0 Å². The van der Waals surface area contributed by atoms with Crippen molar-refractivity contribution < 1.29 is 13.9 Å². The number of likely N-dealkylation sites (N-methyl/N-ethyl adjacent to an activating group) is 1. The van der Waals surface area contributed by atoms with E-state index < -0.39 is 12.8 Å². The molecule has 16 heavy (non-hydrogen) atoms. The zero-order valence-corrected chi connectivity index (χ0v) is 8.87. The first-order valence-electron chi connectivity index (χ1n) is 5.02. The molecule has 1 N–H and O–H groups in total. The number of alkyl halides is 1. The van der Waals surface area contributed by atoms with E-state index in [0.29, 0.717) is 16.9 Å². The molecule has 0 fully saturated rings. The number of halogens is 1. The van der Waals surface area contributed by atoms with E-state index in [9.17, 15) is 9.18 Å². The number of carbonyl (C=O) groups excluding carboxylic acids is 1. The van der Waals surface area contributed by atoms with E-state index in [4.69, 9.17) is 4.74 Å². The molecule has 1 amide bonds. The summed E-state index contributed by atoms with van der Waals surface area (Å²) in [4.78, 5) is 11.6. The Morgan fingerprint density at radius 1 is 1.50 bits per heavy atom. The van der Waals surface area contributed by atoms with Gasteiger partial charge in [-0.3, -0.25) is 4.79 Å². The molecule has 1 aromatic rings. The van der Waals surface area contributed by atoms with Crippen LogP contribution < -0.4 is 10.1 Å². The van der Waals surface area contributed by atoms with Gasteiger partial charge in [0.05, 0.1) is 0 Å². The second-order valence-corrected chi connectivity index (χ2v) is 3.47. The monoisotopic (exact) mass is 221 g/mol. The fraction of sp³-hybridized carbons (Fsp3) is 0.250. The molecule has 1 aromatic carbocycles. The van der Waals surface area contributed by atoms with Crippen LogP contribution in [0.1, 0.15) is 5.56 Å². The lowest BCUT2D eigenvalue weighted by atomic mass is 10.00. The van der Waals surface area contributed by atoms with Crippen molar-refractivity contribution in [2.45, 2.75) is 6.10 Å². The summed E-state index contributed by atoms with van der Waals surface area (Å²) in [6.45, 7) is -0.644. The molecule has 0 radical (unpaired) electrons. The maximum atomic E-state index is 12.6. The van der Waals surface area contributed by atoms with Crippen LogP contribution in [0.2, 0.25) is 0 Å². The van der Waals surface area contributed by atoms with Crippen LogP contribution >= 0.6 is 0 Å². The highest BCUT2D eigenvalue weighted by Crippen LogP contribution is 2.31. The summed E-state index contributed by atoms with van der Waals surface area (Å²) in [5, 5.41) is 2.53. The first-order valence-corrected chi connectivity index (χ1v) is 5.02. The zero-order valence-electron chi connectivity index (χ0n) is 8.87. The highest BCUT2D eigenvalue weighted by Gasteiger charge is 2.23. The summed E-state index contributed by atoms with van der Waals surface area (Å²) in [5.41, 5.74) is 1.17. The molecular formula is C12H12FNO2. The van der Waals surface area contributed by atoms with E-state index in [1.54, 1.807) is 25.2 Å². The van der Waals surface area contributed by atoms with Gasteiger partial charge < -0.3 is 10.1 Å². The average Bonchev–Trinajstić information content (AvgIpc) is 2.36. The minimum absolute atomic E-state index is 0.228. The van der Waals surface area contributed by atoms with Crippen LogP contribution in [0.3, 0.4) is 0 Å². The molecule has 3 nitrogen and oxygen atoms in total. The summed E-state index contributed by atoms with van der Waals surface area (Å²) in [5.74, 6) is 0.320. The van der Waals surface area contributed by atoms with Gasteiger partial charge in [-0.1, -0.05) is 18.2 Å². The molecule has 0 aromatic heterocycles. The minimum Gasteiger partial charge on any atom is -0.483 e. The highest BCUT2D eigenvalue weighted by atomic mass is 19.1. The predicted molar refractivity (Wildman–Crippen MR) is 58.9 cm³/mol. The van der Waals surface area contributed by atoms with Crippen LogP contribution in [-0.2, 0) is 4.79 Å². The number of ether oxygens (including phenoxy) is 1. The molecule has 1 atom stereocenters. The number of benzene rings is 1. The third-order valence-electron chi connectivity index (χ3n) is 2.43. The van der Waals surface area contributed by atoms with Crippen molar-refractivity contribution in [2.24, 2.45) is 0 Å². The van der Waals surface area contributed by atoms with E-state index in [1.165, 1.54) is 6.08 Å². The number of nitrogens with one attached hydrogen (secondary N) is 1. The number of para-hydroxylation sites is 1. The number of rotatable bonds is 2. The molecule has 0 spiro atoms. The minimum atomic E-state index is -0.679. The van der Waals surface area contributed by atoms with Gasteiger partial charge in [0.2, 0.25) is 0 Å². The average molecular weight is 221 g/mol. The van der Waals surface area contributed by atoms with Crippen LogP contribution in [0.5, 0.6) is 5.75 Å². The van der Waals surface area contributed by atoms with E-state index in [0.717, 1.165) is 0 Å². The summed E-state index contributed by atoms with van der Waals surface area (Å²) in [7, 11) is 1.55. The Hall–Kier alpha value is -1.84. The smallest absolute Gasteiger partial charge is 0.251 e. The van der Waals surface area contributed by atoms with Gasteiger partial charge in [-0.15, -0.1) is 0 Å². The third kappa shape index (κ3) is 1.78. The van der Waals surface area contributed by atoms with Crippen molar-refractivity contribution >= 4 is 11.5 Å². The zero-order chi connectivity index (χ0) is 11.5. The summed E-state index contributed by atoms with van der Waals surface area (Å²) >= 11 is 0. The van der Waals surface area contributed by atoms with Crippen molar-refractivity contribution in [3.05, 3.63) is 35.9 Å². The van der Waals surface area contributed by atoms with Gasteiger partial charge in [0.15, 0.2) is 0 Å². The lowest BCUT2D eigenvalue weighted by Gasteiger charge is -2.22. The highest BCUT2D eigenvalue weighted by molar-refractivity contribution is 6.20. The Labute approximate surface area is 92.9 Å². The quantitative estimate of drug-likeness (QED) is 0.822. The molecule has 1 heterocycles. The molecular weight excluding hydrogens is 209 g/mol. The van der Waals surface area contributed by atoms with E-state index in [-0.39, 0.29) is 5.91 Å². The van der Waals surface area contributed by atoms with Crippen molar-refractivity contribution in [1.82, 2.24) is 5.32 Å².